The fourth-order valence-corrected chi connectivity index (χ4v) is 3.66. The molecule has 0 unspecified atom stereocenters. The Morgan fingerprint density at radius 3 is 2.60 bits per heavy atom. The van der Waals surface area contributed by atoms with Crippen LogP contribution >= 0.6 is 0 Å². The molecule has 0 atom stereocenters. The lowest BCUT2D eigenvalue weighted by molar-refractivity contribution is -0.606. The van der Waals surface area contributed by atoms with Gasteiger partial charge in [0.25, 0.3) is 5.82 Å². The van der Waals surface area contributed by atoms with Crippen LogP contribution in [0, 0.1) is 20.8 Å². The summed E-state index contributed by atoms with van der Waals surface area (Å²) in [5.74, 6) is 0.985. The van der Waals surface area contributed by atoms with E-state index < -0.39 is 0 Å². The third-order valence-corrected chi connectivity index (χ3v) is 4.87. The maximum absolute atomic E-state index is 4.44. The van der Waals surface area contributed by atoms with Gasteiger partial charge in [-0.1, -0.05) is 29.2 Å². The van der Waals surface area contributed by atoms with Gasteiger partial charge in [-0.3, -0.25) is 0 Å². The van der Waals surface area contributed by atoms with Crippen molar-refractivity contribution in [3.05, 3.63) is 78.0 Å². The Morgan fingerprint density at radius 1 is 1.00 bits per heavy atom. The highest BCUT2D eigenvalue weighted by Crippen LogP contribution is 2.34. The standard InChI is InChI=1S/C22H22N3/c1-15-12-20(22-19-9-6-5-8-18(19)14-24(22)4)16(2)21(13-15)25-11-7-10-23-17(25)3/h5-14H,1-4H3/q+1. The molecule has 0 amide bonds. The number of benzene rings is 2. The van der Waals surface area contributed by atoms with E-state index in [1.807, 2.05) is 19.2 Å². The van der Waals surface area contributed by atoms with Crippen molar-refractivity contribution in [2.45, 2.75) is 20.8 Å². The predicted molar refractivity (Wildman–Crippen MR) is 102 cm³/mol. The zero-order valence-electron chi connectivity index (χ0n) is 15.1. The van der Waals surface area contributed by atoms with Crippen LogP contribution in [-0.2, 0) is 7.05 Å². The number of aromatic nitrogens is 3. The van der Waals surface area contributed by atoms with Crippen LogP contribution in [0.3, 0.4) is 0 Å². The molecule has 3 heteroatoms. The molecule has 3 nitrogen and oxygen atoms in total. The summed E-state index contributed by atoms with van der Waals surface area (Å²) >= 11 is 0. The molecule has 0 saturated heterocycles. The summed E-state index contributed by atoms with van der Waals surface area (Å²) in [6.07, 6.45) is 6.12. The zero-order chi connectivity index (χ0) is 17.6. The minimum atomic E-state index is 0.985. The quantitative estimate of drug-likeness (QED) is 0.499. The Balaban J connectivity index is 2.04. The molecular weight excluding hydrogens is 306 g/mol. The minimum absolute atomic E-state index is 0.985. The number of nitrogens with zero attached hydrogens (tertiary/aromatic N) is 3. The van der Waals surface area contributed by atoms with Crippen LogP contribution in [0.15, 0.2) is 61.1 Å². The van der Waals surface area contributed by atoms with Crippen molar-refractivity contribution in [2.75, 3.05) is 0 Å². The molecule has 2 aromatic carbocycles. The second-order valence-corrected chi connectivity index (χ2v) is 6.67. The smallest absolute Gasteiger partial charge is 0.300 e. The molecule has 4 rings (SSSR count). The topological polar surface area (TPSA) is 21.7 Å². The molecule has 0 spiro atoms. The van der Waals surface area contributed by atoms with Gasteiger partial charge in [0, 0.05) is 42.7 Å². The van der Waals surface area contributed by atoms with Crippen LogP contribution in [-0.4, -0.2) is 9.55 Å². The number of hydrogen-bond acceptors (Lipinski definition) is 1. The van der Waals surface area contributed by atoms with E-state index in [1.165, 1.54) is 38.8 Å². The minimum Gasteiger partial charge on any atom is -0.349 e. The monoisotopic (exact) mass is 328 g/mol. The summed E-state index contributed by atoms with van der Waals surface area (Å²) in [7, 11) is 2.12. The maximum atomic E-state index is 4.44. The van der Waals surface area contributed by atoms with Crippen LogP contribution in [0.1, 0.15) is 17.0 Å². The number of hydrogen-bond donors (Lipinski definition) is 0. The fourth-order valence-electron chi connectivity index (χ4n) is 3.66. The third kappa shape index (κ3) is 2.52. The van der Waals surface area contributed by atoms with Crippen molar-refractivity contribution in [1.82, 2.24) is 9.55 Å². The molecule has 0 radical (unpaired) electrons. The van der Waals surface area contributed by atoms with Crippen molar-refractivity contribution < 1.29 is 4.57 Å². The molecule has 0 saturated carbocycles. The van der Waals surface area contributed by atoms with E-state index in [9.17, 15) is 0 Å². The number of fused-ring (bicyclic) bond motifs is 1. The highest BCUT2D eigenvalue weighted by atomic mass is 15.0. The van der Waals surface area contributed by atoms with Gasteiger partial charge in [-0.05, 0) is 36.9 Å². The largest absolute Gasteiger partial charge is 0.349 e. The average molecular weight is 328 g/mol. The SMILES string of the molecule is Cc1cc(-c2c3ccccc3cn2C)c(C)c(-[n+]2cccnc2C)c1. The molecule has 0 N–H and O–H groups in total. The molecule has 0 aliphatic rings. The van der Waals surface area contributed by atoms with Crippen LogP contribution in [0.25, 0.3) is 27.7 Å². The van der Waals surface area contributed by atoms with E-state index in [4.69, 9.17) is 0 Å². The summed E-state index contributed by atoms with van der Waals surface area (Å²) < 4.78 is 4.40. The van der Waals surface area contributed by atoms with Gasteiger partial charge in [-0.25, -0.2) is 4.57 Å². The molecule has 0 bridgehead atoms. The van der Waals surface area contributed by atoms with Gasteiger partial charge in [0.15, 0.2) is 0 Å². The Morgan fingerprint density at radius 2 is 1.80 bits per heavy atom. The van der Waals surface area contributed by atoms with Gasteiger partial charge in [0.2, 0.25) is 0 Å². The molecule has 2 aromatic heterocycles. The lowest BCUT2D eigenvalue weighted by Crippen LogP contribution is -2.35. The second kappa shape index (κ2) is 5.85. The van der Waals surface area contributed by atoms with Crippen molar-refractivity contribution in [3.63, 3.8) is 0 Å². The maximum Gasteiger partial charge on any atom is 0.300 e. The van der Waals surface area contributed by atoms with Crippen LogP contribution in [0.5, 0.6) is 0 Å². The van der Waals surface area contributed by atoms with Crippen molar-refractivity contribution in [2.24, 2.45) is 7.05 Å². The van der Waals surface area contributed by atoms with Crippen molar-refractivity contribution >= 4 is 10.8 Å². The first-order chi connectivity index (χ1) is 12.1. The van der Waals surface area contributed by atoms with Crippen molar-refractivity contribution in [1.29, 1.82) is 0 Å². The molecule has 124 valence electrons. The van der Waals surface area contributed by atoms with E-state index in [0.717, 1.165) is 5.82 Å². The lowest BCUT2D eigenvalue weighted by Gasteiger charge is -2.14. The zero-order valence-corrected chi connectivity index (χ0v) is 15.1. The molecule has 4 aromatic rings. The Hall–Kier alpha value is -2.94. The Bertz CT molecular complexity index is 1090. The molecule has 0 fully saturated rings. The molecule has 0 aliphatic heterocycles. The van der Waals surface area contributed by atoms with Gasteiger partial charge < -0.3 is 4.57 Å². The van der Waals surface area contributed by atoms with Crippen molar-refractivity contribution in [3.8, 4) is 16.9 Å². The van der Waals surface area contributed by atoms with E-state index in [0.29, 0.717) is 0 Å². The van der Waals surface area contributed by atoms with Gasteiger partial charge in [-0.15, -0.1) is 0 Å². The summed E-state index contributed by atoms with van der Waals surface area (Å²) in [6, 6.07) is 15.1. The first-order valence-corrected chi connectivity index (χ1v) is 8.55. The molecule has 25 heavy (non-hydrogen) atoms. The number of rotatable bonds is 2. The lowest BCUT2D eigenvalue weighted by atomic mass is 9.98. The van der Waals surface area contributed by atoms with Gasteiger partial charge in [0.1, 0.15) is 18.1 Å². The number of aryl methyl sites for hydroxylation is 3. The normalized spacial score (nSPS) is 11.2. The van der Waals surface area contributed by atoms with Crippen LogP contribution in [0.4, 0.5) is 0 Å². The van der Waals surface area contributed by atoms with Crippen LogP contribution < -0.4 is 4.57 Å². The second-order valence-electron chi connectivity index (χ2n) is 6.67. The Labute approximate surface area is 148 Å². The molecular formula is C22H22N3+. The third-order valence-electron chi connectivity index (χ3n) is 4.87. The highest BCUT2D eigenvalue weighted by Gasteiger charge is 2.18. The predicted octanol–water partition coefficient (Wildman–Crippen LogP) is 4.44. The first-order valence-electron chi connectivity index (χ1n) is 8.55. The van der Waals surface area contributed by atoms with Gasteiger partial charge in [-0.2, -0.15) is 0 Å². The highest BCUT2D eigenvalue weighted by molar-refractivity contribution is 5.97. The summed E-state index contributed by atoms with van der Waals surface area (Å²) in [5.41, 5.74) is 6.23. The first kappa shape index (κ1) is 15.6. The van der Waals surface area contributed by atoms with E-state index in [2.05, 4.69) is 83.8 Å². The summed E-state index contributed by atoms with van der Waals surface area (Å²) in [4.78, 5) is 4.44. The van der Waals surface area contributed by atoms with Crippen LogP contribution in [0.2, 0.25) is 0 Å². The van der Waals surface area contributed by atoms with E-state index in [-0.39, 0.29) is 0 Å². The summed E-state index contributed by atoms with van der Waals surface area (Å²) in [5, 5.41) is 2.56. The van der Waals surface area contributed by atoms with E-state index in [1.54, 1.807) is 0 Å². The van der Waals surface area contributed by atoms with Gasteiger partial charge in [0.05, 0.1) is 5.69 Å². The van der Waals surface area contributed by atoms with E-state index >= 15 is 0 Å². The molecule has 0 aliphatic carbocycles. The molecule has 2 heterocycles. The Kier molecular flexibility index (Phi) is 3.65. The summed E-state index contributed by atoms with van der Waals surface area (Å²) in [6.45, 7) is 6.40. The fraction of sp³-hybridized carbons (Fsp3) is 0.182. The van der Waals surface area contributed by atoms with Gasteiger partial charge >= 0.3 is 0 Å². The average Bonchev–Trinajstić information content (AvgIpc) is 2.93.